The van der Waals surface area contributed by atoms with Crippen LogP contribution in [0.1, 0.15) is 40.0 Å². The summed E-state index contributed by atoms with van der Waals surface area (Å²) in [5, 5.41) is 3.75. The van der Waals surface area contributed by atoms with Gasteiger partial charge in [0.1, 0.15) is 0 Å². The lowest BCUT2D eigenvalue weighted by atomic mass is 10.4. The maximum Gasteiger partial charge on any atom is 0.327 e. The maximum atomic E-state index is 10.6. The molecular formula is C10H21N2O. The van der Waals surface area contributed by atoms with Crippen LogP contribution in [0.25, 0.3) is 0 Å². The summed E-state index contributed by atoms with van der Waals surface area (Å²) >= 11 is 0. The van der Waals surface area contributed by atoms with E-state index in [4.69, 9.17) is 0 Å². The monoisotopic (exact) mass is 185 g/mol. The van der Waals surface area contributed by atoms with Crippen molar-refractivity contribution < 1.29 is 4.79 Å². The third-order valence-corrected chi connectivity index (χ3v) is 1.85. The van der Waals surface area contributed by atoms with E-state index in [0.29, 0.717) is 0 Å². The van der Waals surface area contributed by atoms with Crippen molar-refractivity contribution in [3.63, 3.8) is 0 Å². The molecule has 0 heterocycles. The molecule has 3 nitrogen and oxygen atoms in total. The number of amides is 1. The average Bonchev–Trinajstić information content (AvgIpc) is 2.14. The Bertz CT molecular complexity index is 122. The predicted molar refractivity (Wildman–Crippen MR) is 54.8 cm³/mol. The van der Waals surface area contributed by atoms with Gasteiger partial charge < -0.3 is 0 Å². The zero-order chi connectivity index (χ0) is 10.1. The SMILES string of the molecule is CCCN([C]=O)N(CCC)CCC. The number of rotatable bonds is 8. The molecule has 0 aromatic heterocycles. The van der Waals surface area contributed by atoms with Gasteiger partial charge in [0.2, 0.25) is 0 Å². The lowest BCUT2D eigenvalue weighted by Crippen LogP contribution is -2.43. The summed E-state index contributed by atoms with van der Waals surface area (Å²) in [6, 6.07) is 0. The molecule has 0 saturated carbocycles. The second kappa shape index (κ2) is 8.05. The molecule has 1 amide bonds. The first-order chi connectivity index (χ1) is 6.29. The highest BCUT2D eigenvalue weighted by atomic mass is 16.1. The van der Waals surface area contributed by atoms with Crippen molar-refractivity contribution in [2.24, 2.45) is 0 Å². The number of nitrogens with zero attached hydrogens (tertiary/aromatic N) is 2. The van der Waals surface area contributed by atoms with Crippen molar-refractivity contribution in [3.05, 3.63) is 0 Å². The van der Waals surface area contributed by atoms with Crippen LogP contribution in [0.15, 0.2) is 0 Å². The van der Waals surface area contributed by atoms with Gasteiger partial charge in [-0.15, -0.1) is 0 Å². The predicted octanol–water partition coefficient (Wildman–Crippen LogP) is 1.80. The second-order valence-corrected chi connectivity index (χ2v) is 3.17. The molecule has 0 N–H and O–H groups in total. The first-order valence-electron chi connectivity index (χ1n) is 5.20. The molecule has 0 saturated heterocycles. The highest BCUT2D eigenvalue weighted by molar-refractivity contribution is 5.47. The molecular weight excluding hydrogens is 164 g/mol. The van der Waals surface area contributed by atoms with E-state index in [-0.39, 0.29) is 0 Å². The van der Waals surface area contributed by atoms with Crippen LogP contribution >= 0.6 is 0 Å². The molecule has 0 aliphatic heterocycles. The van der Waals surface area contributed by atoms with E-state index in [1.165, 1.54) is 0 Å². The van der Waals surface area contributed by atoms with Gasteiger partial charge in [-0.05, 0) is 19.3 Å². The Morgan fingerprint density at radius 3 is 1.69 bits per heavy atom. The Labute approximate surface area is 81.7 Å². The van der Waals surface area contributed by atoms with Crippen LogP contribution in [0.5, 0.6) is 0 Å². The third-order valence-electron chi connectivity index (χ3n) is 1.85. The summed E-state index contributed by atoms with van der Waals surface area (Å²) in [6.45, 7) is 8.99. The molecule has 77 valence electrons. The molecule has 0 atom stereocenters. The Balaban J connectivity index is 4.02. The van der Waals surface area contributed by atoms with Crippen molar-refractivity contribution >= 4 is 6.41 Å². The molecule has 0 bridgehead atoms. The molecule has 0 unspecified atom stereocenters. The quantitative estimate of drug-likeness (QED) is 0.425. The molecule has 0 spiro atoms. The fourth-order valence-electron chi connectivity index (χ4n) is 1.33. The first-order valence-corrected chi connectivity index (χ1v) is 5.20. The Morgan fingerprint density at radius 1 is 0.923 bits per heavy atom. The van der Waals surface area contributed by atoms with Gasteiger partial charge >= 0.3 is 6.41 Å². The van der Waals surface area contributed by atoms with Gasteiger partial charge in [-0.1, -0.05) is 20.8 Å². The summed E-state index contributed by atoms with van der Waals surface area (Å²) in [7, 11) is 0. The summed E-state index contributed by atoms with van der Waals surface area (Å²) in [4.78, 5) is 10.6. The van der Waals surface area contributed by atoms with Crippen LogP contribution in [0.4, 0.5) is 0 Å². The second-order valence-electron chi connectivity index (χ2n) is 3.17. The Hall–Kier alpha value is -0.570. The molecule has 1 radical (unpaired) electrons. The van der Waals surface area contributed by atoms with Crippen LogP contribution in [0, 0.1) is 0 Å². The molecule has 0 aromatic carbocycles. The van der Waals surface area contributed by atoms with Gasteiger partial charge in [-0.25, -0.2) is 5.01 Å². The van der Waals surface area contributed by atoms with Crippen molar-refractivity contribution in [1.29, 1.82) is 0 Å². The number of carbonyl (C=O) groups excluding carboxylic acids is 1. The fourth-order valence-corrected chi connectivity index (χ4v) is 1.33. The maximum absolute atomic E-state index is 10.6. The molecule has 0 fully saturated rings. The van der Waals surface area contributed by atoms with Crippen LogP contribution in [-0.2, 0) is 4.79 Å². The van der Waals surface area contributed by atoms with Crippen molar-refractivity contribution in [3.8, 4) is 0 Å². The highest BCUT2D eigenvalue weighted by Crippen LogP contribution is 2.00. The van der Waals surface area contributed by atoms with Gasteiger partial charge in [0.05, 0.1) is 0 Å². The van der Waals surface area contributed by atoms with Gasteiger partial charge in [0.25, 0.3) is 0 Å². The lowest BCUT2D eigenvalue weighted by Gasteiger charge is -2.30. The van der Waals surface area contributed by atoms with Gasteiger partial charge in [0, 0.05) is 19.6 Å². The smallest absolute Gasteiger partial charge is 0.267 e. The average molecular weight is 185 g/mol. The zero-order valence-electron chi connectivity index (χ0n) is 9.05. The number of hydrogen-bond donors (Lipinski definition) is 0. The van der Waals surface area contributed by atoms with Crippen LogP contribution < -0.4 is 0 Å². The zero-order valence-corrected chi connectivity index (χ0v) is 9.05. The standard InChI is InChI=1S/C10H21N2O/c1-4-7-11(8-5-2)12(10-13)9-6-3/h4-9H2,1-3H3. The molecule has 0 rings (SSSR count). The highest BCUT2D eigenvalue weighted by Gasteiger charge is 2.10. The molecule has 0 aliphatic carbocycles. The fraction of sp³-hybridized carbons (Fsp3) is 0.900. The van der Waals surface area contributed by atoms with E-state index < -0.39 is 0 Å². The summed E-state index contributed by atoms with van der Waals surface area (Å²) in [6.07, 6.45) is 5.11. The summed E-state index contributed by atoms with van der Waals surface area (Å²) < 4.78 is 0. The van der Waals surface area contributed by atoms with E-state index in [2.05, 4.69) is 25.8 Å². The first kappa shape index (κ1) is 12.4. The lowest BCUT2D eigenvalue weighted by molar-refractivity contribution is 0.0415. The Morgan fingerprint density at radius 2 is 1.38 bits per heavy atom. The molecule has 3 heteroatoms. The van der Waals surface area contributed by atoms with E-state index in [1.807, 2.05) is 6.41 Å². The van der Waals surface area contributed by atoms with Crippen molar-refractivity contribution in [2.75, 3.05) is 19.6 Å². The normalized spacial score (nSPS) is 10.5. The minimum absolute atomic E-state index is 0.781. The van der Waals surface area contributed by atoms with Crippen LogP contribution in [-0.4, -0.2) is 36.1 Å². The van der Waals surface area contributed by atoms with E-state index in [1.54, 1.807) is 5.01 Å². The van der Waals surface area contributed by atoms with E-state index in [0.717, 1.165) is 38.9 Å². The summed E-state index contributed by atoms with van der Waals surface area (Å²) in [5.74, 6) is 0. The van der Waals surface area contributed by atoms with E-state index >= 15 is 0 Å². The van der Waals surface area contributed by atoms with Gasteiger partial charge in [0.15, 0.2) is 0 Å². The molecule has 0 aliphatic rings. The van der Waals surface area contributed by atoms with Crippen LogP contribution in [0.3, 0.4) is 0 Å². The summed E-state index contributed by atoms with van der Waals surface area (Å²) in [5.41, 5.74) is 0. The molecule has 13 heavy (non-hydrogen) atoms. The number of hydrogen-bond acceptors (Lipinski definition) is 2. The van der Waals surface area contributed by atoms with E-state index in [9.17, 15) is 4.79 Å². The molecule has 0 aromatic rings. The van der Waals surface area contributed by atoms with Gasteiger partial charge in [-0.3, -0.25) is 9.80 Å². The van der Waals surface area contributed by atoms with Crippen molar-refractivity contribution in [2.45, 2.75) is 40.0 Å². The topological polar surface area (TPSA) is 23.6 Å². The number of hydrazine groups is 1. The van der Waals surface area contributed by atoms with Crippen molar-refractivity contribution in [1.82, 2.24) is 10.0 Å². The van der Waals surface area contributed by atoms with Crippen LogP contribution in [0.2, 0.25) is 0 Å². The minimum Gasteiger partial charge on any atom is -0.267 e. The third kappa shape index (κ3) is 4.88. The Kier molecular flexibility index (Phi) is 7.69. The minimum atomic E-state index is 0.781. The van der Waals surface area contributed by atoms with Gasteiger partial charge in [-0.2, -0.15) is 0 Å². The largest absolute Gasteiger partial charge is 0.327 e.